The van der Waals surface area contributed by atoms with Crippen molar-refractivity contribution in [2.75, 3.05) is 5.32 Å². The zero-order chi connectivity index (χ0) is 27.3. The third kappa shape index (κ3) is 6.64. The predicted octanol–water partition coefficient (Wildman–Crippen LogP) is 6.55. The topological polar surface area (TPSA) is 106 Å². The van der Waals surface area contributed by atoms with Gasteiger partial charge in [0.1, 0.15) is 5.60 Å². The number of amides is 2. The van der Waals surface area contributed by atoms with Gasteiger partial charge in [0.05, 0.1) is 0 Å². The van der Waals surface area contributed by atoms with Crippen LogP contribution in [0.1, 0.15) is 55.0 Å². The van der Waals surface area contributed by atoms with Crippen molar-refractivity contribution in [1.82, 2.24) is 15.5 Å². The van der Waals surface area contributed by atoms with Crippen LogP contribution in [-0.2, 0) is 17.7 Å². The fraction of sp³-hybridized carbons (Fsp3) is 0.267. The maximum absolute atomic E-state index is 13.0. The number of aryl methyl sites for hydroxylation is 2. The summed E-state index contributed by atoms with van der Waals surface area (Å²) in [5.74, 6) is 0.825. The molecule has 0 radical (unpaired) electrons. The summed E-state index contributed by atoms with van der Waals surface area (Å²) in [7, 11) is 0. The first-order chi connectivity index (χ1) is 18.1. The van der Waals surface area contributed by atoms with E-state index in [0.29, 0.717) is 35.9 Å². The fourth-order valence-corrected chi connectivity index (χ4v) is 3.84. The van der Waals surface area contributed by atoms with E-state index in [2.05, 4.69) is 20.8 Å². The lowest BCUT2D eigenvalue weighted by molar-refractivity contribution is 0.0523. The summed E-state index contributed by atoms with van der Waals surface area (Å²) in [6.07, 6.45) is 0.211. The van der Waals surface area contributed by atoms with Crippen molar-refractivity contribution in [1.29, 1.82) is 0 Å². The van der Waals surface area contributed by atoms with E-state index in [9.17, 15) is 9.59 Å². The lowest BCUT2D eigenvalue weighted by Gasteiger charge is -2.20. The number of anilines is 1. The van der Waals surface area contributed by atoms with Crippen LogP contribution >= 0.6 is 0 Å². The van der Waals surface area contributed by atoms with Crippen molar-refractivity contribution in [3.63, 3.8) is 0 Å². The van der Waals surface area contributed by atoms with Gasteiger partial charge < -0.3 is 19.9 Å². The van der Waals surface area contributed by atoms with Crippen LogP contribution < -0.4 is 10.6 Å². The summed E-state index contributed by atoms with van der Waals surface area (Å²) in [4.78, 5) is 29.5. The molecule has 3 aromatic carbocycles. The molecule has 4 rings (SSSR count). The van der Waals surface area contributed by atoms with Gasteiger partial charge in [-0.15, -0.1) is 0 Å². The van der Waals surface area contributed by atoms with Crippen molar-refractivity contribution in [2.24, 2.45) is 0 Å². The van der Waals surface area contributed by atoms with Crippen LogP contribution in [0.15, 0.2) is 71.3 Å². The van der Waals surface area contributed by atoms with Crippen LogP contribution in [0.5, 0.6) is 0 Å². The van der Waals surface area contributed by atoms with Crippen molar-refractivity contribution >= 4 is 17.7 Å². The van der Waals surface area contributed by atoms with Crippen molar-refractivity contribution in [3.05, 3.63) is 89.2 Å². The molecule has 2 amide bonds. The van der Waals surface area contributed by atoms with Crippen molar-refractivity contribution < 1.29 is 18.8 Å². The highest BCUT2D eigenvalue weighted by atomic mass is 16.6. The number of carbonyl (C=O) groups excluding carboxylic acids is 2. The molecule has 8 heteroatoms. The van der Waals surface area contributed by atoms with Crippen molar-refractivity contribution in [3.8, 4) is 22.6 Å². The van der Waals surface area contributed by atoms with Crippen LogP contribution in [0.4, 0.5) is 10.5 Å². The van der Waals surface area contributed by atoms with Gasteiger partial charge in [-0.3, -0.25) is 4.79 Å². The summed E-state index contributed by atoms with van der Waals surface area (Å²) in [5.41, 5.74) is 5.13. The molecule has 196 valence electrons. The van der Waals surface area contributed by atoms with Crippen molar-refractivity contribution in [2.45, 2.75) is 53.2 Å². The van der Waals surface area contributed by atoms with E-state index in [1.165, 1.54) is 0 Å². The Morgan fingerprint density at radius 3 is 2.37 bits per heavy atom. The standard InChI is InChI=1S/C30H32N4O4/c1-6-26-33-28(38-34-26)22-12-11-19(2)25(17-22)32-27(35)21-15-13-20(14-16-21)24-10-8-7-9-23(24)18-31-29(36)37-30(3,4)5/h7-17H,6,18H2,1-5H3,(H,31,36)(H,32,35). The van der Waals surface area contributed by atoms with Gasteiger partial charge in [0.25, 0.3) is 11.8 Å². The van der Waals surface area contributed by atoms with E-state index in [4.69, 9.17) is 9.26 Å². The minimum absolute atomic E-state index is 0.226. The zero-order valence-corrected chi connectivity index (χ0v) is 22.3. The number of ether oxygens (including phenoxy) is 1. The molecule has 2 N–H and O–H groups in total. The lowest BCUT2D eigenvalue weighted by atomic mass is 9.98. The van der Waals surface area contributed by atoms with Crippen LogP contribution in [0.25, 0.3) is 22.6 Å². The second-order valence-corrected chi connectivity index (χ2v) is 9.94. The summed E-state index contributed by atoms with van der Waals surface area (Å²) in [6, 6.07) is 20.8. The van der Waals surface area contributed by atoms with E-state index in [1.807, 2.05) is 89.2 Å². The summed E-state index contributed by atoms with van der Waals surface area (Å²) < 4.78 is 10.7. The maximum Gasteiger partial charge on any atom is 0.407 e. The monoisotopic (exact) mass is 512 g/mol. The van der Waals surface area contributed by atoms with Gasteiger partial charge in [-0.25, -0.2) is 4.79 Å². The minimum Gasteiger partial charge on any atom is -0.444 e. The Morgan fingerprint density at radius 2 is 1.68 bits per heavy atom. The normalized spacial score (nSPS) is 11.2. The zero-order valence-electron chi connectivity index (χ0n) is 22.3. The summed E-state index contributed by atoms with van der Waals surface area (Å²) in [5, 5.41) is 9.74. The molecule has 1 heterocycles. The minimum atomic E-state index is -0.564. The van der Waals surface area contributed by atoms with E-state index >= 15 is 0 Å². The van der Waals surface area contributed by atoms with Gasteiger partial charge in [-0.2, -0.15) is 4.98 Å². The summed E-state index contributed by atoms with van der Waals surface area (Å²) >= 11 is 0. The predicted molar refractivity (Wildman–Crippen MR) is 147 cm³/mol. The Bertz CT molecular complexity index is 1440. The fourth-order valence-electron chi connectivity index (χ4n) is 3.84. The van der Waals surface area contributed by atoms with E-state index in [-0.39, 0.29) is 5.91 Å². The molecule has 1 aromatic heterocycles. The quantitative estimate of drug-likeness (QED) is 0.291. The number of nitrogens with zero attached hydrogens (tertiary/aromatic N) is 2. The molecule has 0 fully saturated rings. The molecule has 0 spiro atoms. The molecule has 0 bridgehead atoms. The number of carbonyl (C=O) groups is 2. The summed E-state index contributed by atoms with van der Waals surface area (Å²) in [6.45, 7) is 9.68. The van der Waals surface area contributed by atoms with Gasteiger partial charge in [0.2, 0.25) is 0 Å². The molecule has 8 nitrogen and oxygen atoms in total. The number of nitrogens with one attached hydrogen (secondary N) is 2. The average Bonchev–Trinajstić information content (AvgIpc) is 3.37. The average molecular weight is 513 g/mol. The first-order valence-electron chi connectivity index (χ1n) is 12.5. The second-order valence-electron chi connectivity index (χ2n) is 9.94. The van der Waals surface area contributed by atoms with Gasteiger partial charge >= 0.3 is 6.09 Å². The number of rotatable bonds is 7. The van der Waals surface area contributed by atoms with Gasteiger partial charge in [-0.1, -0.05) is 54.5 Å². The molecule has 38 heavy (non-hydrogen) atoms. The van der Waals surface area contributed by atoms with E-state index in [1.54, 1.807) is 12.1 Å². The van der Waals surface area contributed by atoms with Gasteiger partial charge in [0.15, 0.2) is 5.82 Å². The highest BCUT2D eigenvalue weighted by Gasteiger charge is 2.17. The number of benzene rings is 3. The molecule has 0 saturated heterocycles. The second kappa shape index (κ2) is 11.3. The van der Waals surface area contributed by atoms with Gasteiger partial charge in [0, 0.05) is 29.8 Å². The smallest absolute Gasteiger partial charge is 0.407 e. The Balaban J connectivity index is 1.47. The highest BCUT2D eigenvalue weighted by molar-refractivity contribution is 6.05. The maximum atomic E-state index is 13.0. The number of hydrogen-bond donors (Lipinski definition) is 2. The molecular formula is C30H32N4O4. The molecular weight excluding hydrogens is 480 g/mol. The largest absolute Gasteiger partial charge is 0.444 e. The highest BCUT2D eigenvalue weighted by Crippen LogP contribution is 2.27. The molecule has 0 saturated carbocycles. The number of hydrogen-bond acceptors (Lipinski definition) is 6. The molecule has 4 aromatic rings. The Kier molecular flexibility index (Phi) is 7.90. The first-order valence-corrected chi connectivity index (χ1v) is 12.5. The lowest BCUT2D eigenvalue weighted by Crippen LogP contribution is -2.32. The van der Waals surface area contributed by atoms with Crippen LogP contribution in [0.2, 0.25) is 0 Å². The molecule has 0 atom stereocenters. The van der Waals surface area contributed by atoms with E-state index in [0.717, 1.165) is 27.8 Å². The SMILES string of the molecule is CCc1noc(-c2ccc(C)c(NC(=O)c3ccc(-c4ccccc4CNC(=O)OC(C)(C)C)cc3)c2)n1. The molecule has 0 unspecified atom stereocenters. The number of aromatic nitrogens is 2. The van der Waals surface area contributed by atoms with Crippen LogP contribution in [0.3, 0.4) is 0 Å². The van der Waals surface area contributed by atoms with Crippen LogP contribution in [0, 0.1) is 6.92 Å². The Morgan fingerprint density at radius 1 is 0.974 bits per heavy atom. The van der Waals surface area contributed by atoms with E-state index < -0.39 is 11.7 Å². The van der Waals surface area contributed by atoms with Crippen LogP contribution in [-0.4, -0.2) is 27.7 Å². The first kappa shape index (κ1) is 26.6. The third-order valence-electron chi connectivity index (χ3n) is 5.81. The van der Waals surface area contributed by atoms with Gasteiger partial charge in [-0.05, 0) is 74.2 Å². The molecule has 0 aliphatic carbocycles. The molecule has 0 aliphatic rings. The number of alkyl carbamates (subject to hydrolysis) is 1. The Labute approximate surface area is 222 Å². The Hall–Kier alpha value is -4.46. The third-order valence-corrected chi connectivity index (χ3v) is 5.81. The molecule has 0 aliphatic heterocycles.